The second-order valence-electron chi connectivity index (χ2n) is 5.10. The monoisotopic (exact) mass is 317 g/mol. The summed E-state index contributed by atoms with van der Waals surface area (Å²) in [4.78, 5) is 12.0. The van der Waals surface area contributed by atoms with E-state index in [4.69, 9.17) is 9.47 Å². The van der Waals surface area contributed by atoms with Crippen LogP contribution < -0.4 is 14.8 Å². The minimum atomic E-state index is -0.600. The van der Waals surface area contributed by atoms with Crippen molar-refractivity contribution >= 4 is 5.91 Å². The molecular weight excluding hydrogens is 297 g/mol. The summed E-state index contributed by atoms with van der Waals surface area (Å²) in [6, 6.07) is 13.3. The van der Waals surface area contributed by atoms with Gasteiger partial charge in [0.15, 0.2) is 6.10 Å². The van der Waals surface area contributed by atoms with Crippen LogP contribution in [0.3, 0.4) is 0 Å². The van der Waals surface area contributed by atoms with Crippen molar-refractivity contribution in [2.75, 3.05) is 13.7 Å². The van der Waals surface area contributed by atoms with Crippen molar-refractivity contribution in [3.8, 4) is 11.5 Å². The summed E-state index contributed by atoms with van der Waals surface area (Å²) in [6.07, 6.45) is 0.0398. The van der Waals surface area contributed by atoms with Crippen LogP contribution in [0.15, 0.2) is 48.5 Å². The topological polar surface area (TPSA) is 47.6 Å². The first-order valence-electron chi connectivity index (χ1n) is 7.41. The number of nitrogens with one attached hydrogen (secondary N) is 1. The number of rotatable bonds is 7. The Labute approximate surface area is 135 Å². The van der Waals surface area contributed by atoms with Gasteiger partial charge in [-0.15, -0.1) is 0 Å². The molecule has 0 saturated heterocycles. The van der Waals surface area contributed by atoms with E-state index in [1.54, 1.807) is 50.4 Å². The quantitative estimate of drug-likeness (QED) is 0.854. The Hall–Kier alpha value is -2.56. The lowest BCUT2D eigenvalue weighted by molar-refractivity contribution is -0.127. The highest BCUT2D eigenvalue weighted by molar-refractivity contribution is 5.80. The predicted molar refractivity (Wildman–Crippen MR) is 86.2 cm³/mol. The minimum absolute atomic E-state index is 0.192. The molecule has 0 heterocycles. The van der Waals surface area contributed by atoms with Gasteiger partial charge in [-0.25, -0.2) is 4.39 Å². The van der Waals surface area contributed by atoms with E-state index in [9.17, 15) is 9.18 Å². The lowest BCUT2D eigenvalue weighted by Gasteiger charge is -2.15. The van der Waals surface area contributed by atoms with Gasteiger partial charge >= 0.3 is 0 Å². The van der Waals surface area contributed by atoms with E-state index in [0.29, 0.717) is 18.7 Å². The Kier molecular flexibility index (Phi) is 5.97. The van der Waals surface area contributed by atoms with Gasteiger partial charge in [0, 0.05) is 6.54 Å². The number of halogens is 1. The van der Waals surface area contributed by atoms with E-state index in [0.717, 1.165) is 11.3 Å². The summed E-state index contributed by atoms with van der Waals surface area (Å²) in [6.45, 7) is 2.16. The van der Waals surface area contributed by atoms with E-state index in [1.165, 1.54) is 12.1 Å². The molecule has 1 atom stereocenters. The third-order valence-corrected chi connectivity index (χ3v) is 3.37. The molecule has 1 amide bonds. The predicted octanol–water partition coefficient (Wildman–Crippen LogP) is 2.96. The van der Waals surface area contributed by atoms with Crippen LogP contribution in [0.25, 0.3) is 0 Å². The molecule has 0 bridgehead atoms. The van der Waals surface area contributed by atoms with Crippen LogP contribution in [-0.2, 0) is 11.2 Å². The molecule has 0 aliphatic heterocycles. The molecule has 0 saturated carbocycles. The molecule has 0 radical (unpaired) electrons. The fourth-order valence-corrected chi connectivity index (χ4v) is 2.04. The maximum atomic E-state index is 12.8. The smallest absolute Gasteiger partial charge is 0.260 e. The van der Waals surface area contributed by atoms with Crippen molar-refractivity contribution in [2.45, 2.75) is 19.4 Å². The molecule has 0 aliphatic carbocycles. The number of ether oxygens (including phenoxy) is 2. The lowest BCUT2D eigenvalue weighted by Crippen LogP contribution is -2.37. The first kappa shape index (κ1) is 16.8. The van der Waals surface area contributed by atoms with Gasteiger partial charge in [-0.2, -0.15) is 0 Å². The summed E-state index contributed by atoms with van der Waals surface area (Å²) < 4.78 is 23.4. The average Bonchev–Trinajstić information content (AvgIpc) is 2.57. The molecule has 1 N–H and O–H groups in total. The molecule has 2 aromatic rings. The molecule has 4 nitrogen and oxygen atoms in total. The van der Waals surface area contributed by atoms with Gasteiger partial charge in [0.05, 0.1) is 7.11 Å². The highest BCUT2D eigenvalue weighted by Crippen LogP contribution is 2.18. The third kappa shape index (κ3) is 5.29. The number of carbonyl (C=O) groups is 1. The standard InChI is InChI=1S/C18H20FNO3/c1-13(23-17-9-7-16(22-2)8-10-17)18(21)20-12-11-14-3-5-15(19)6-4-14/h3-10,13H,11-12H2,1-2H3,(H,20,21)/t13-/m1/s1. The van der Waals surface area contributed by atoms with E-state index >= 15 is 0 Å². The molecule has 5 heteroatoms. The summed E-state index contributed by atoms with van der Waals surface area (Å²) in [5.41, 5.74) is 0.968. The number of hydrogen-bond acceptors (Lipinski definition) is 3. The SMILES string of the molecule is COc1ccc(O[C@H](C)C(=O)NCCc2ccc(F)cc2)cc1. The average molecular weight is 317 g/mol. The largest absolute Gasteiger partial charge is 0.497 e. The van der Waals surface area contributed by atoms with E-state index in [-0.39, 0.29) is 11.7 Å². The summed E-state index contributed by atoms with van der Waals surface area (Å²) in [5, 5.41) is 2.81. The number of methoxy groups -OCH3 is 1. The van der Waals surface area contributed by atoms with Crippen molar-refractivity contribution in [2.24, 2.45) is 0 Å². The zero-order valence-corrected chi connectivity index (χ0v) is 13.2. The summed E-state index contributed by atoms with van der Waals surface area (Å²) in [7, 11) is 1.59. The minimum Gasteiger partial charge on any atom is -0.497 e. The normalized spacial score (nSPS) is 11.6. The molecule has 0 fully saturated rings. The maximum Gasteiger partial charge on any atom is 0.260 e. The van der Waals surface area contributed by atoms with Crippen LogP contribution in [-0.4, -0.2) is 25.7 Å². The van der Waals surface area contributed by atoms with E-state index < -0.39 is 6.10 Å². The Morgan fingerprint density at radius 2 is 1.70 bits per heavy atom. The summed E-state index contributed by atoms with van der Waals surface area (Å²) in [5.74, 6) is 0.878. The Morgan fingerprint density at radius 3 is 2.30 bits per heavy atom. The fraction of sp³-hybridized carbons (Fsp3) is 0.278. The zero-order valence-electron chi connectivity index (χ0n) is 13.2. The van der Waals surface area contributed by atoms with Crippen LogP contribution in [0.1, 0.15) is 12.5 Å². The molecule has 23 heavy (non-hydrogen) atoms. The molecule has 0 aromatic heterocycles. The number of carbonyl (C=O) groups excluding carboxylic acids is 1. The van der Waals surface area contributed by atoms with Gasteiger partial charge in [-0.3, -0.25) is 4.79 Å². The van der Waals surface area contributed by atoms with E-state index in [2.05, 4.69) is 5.32 Å². The third-order valence-electron chi connectivity index (χ3n) is 3.37. The Balaban J connectivity index is 1.76. The fourth-order valence-electron chi connectivity index (χ4n) is 2.04. The first-order chi connectivity index (χ1) is 11.1. The Morgan fingerprint density at radius 1 is 1.09 bits per heavy atom. The van der Waals surface area contributed by atoms with Gasteiger partial charge in [0.2, 0.25) is 0 Å². The lowest BCUT2D eigenvalue weighted by atomic mass is 10.1. The van der Waals surface area contributed by atoms with Gasteiger partial charge in [0.1, 0.15) is 17.3 Å². The maximum absolute atomic E-state index is 12.8. The molecule has 122 valence electrons. The molecular formula is C18H20FNO3. The van der Waals surface area contributed by atoms with Crippen LogP contribution in [0.2, 0.25) is 0 Å². The molecule has 2 aromatic carbocycles. The highest BCUT2D eigenvalue weighted by atomic mass is 19.1. The van der Waals surface area contributed by atoms with E-state index in [1.807, 2.05) is 0 Å². The number of benzene rings is 2. The first-order valence-corrected chi connectivity index (χ1v) is 7.41. The number of amides is 1. The van der Waals surface area contributed by atoms with Crippen molar-refractivity contribution in [1.82, 2.24) is 5.32 Å². The molecule has 0 aliphatic rings. The van der Waals surface area contributed by atoms with Gasteiger partial charge in [0.25, 0.3) is 5.91 Å². The Bertz CT molecular complexity index is 626. The summed E-state index contributed by atoms with van der Waals surface area (Å²) >= 11 is 0. The second kappa shape index (κ2) is 8.17. The molecule has 0 spiro atoms. The van der Waals surface area contributed by atoms with Crippen LogP contribution in [0.4, 0.5) is 4.39 Å². The van der Waals surface area contributed by atoms with Crippen LogP contribution in [0, 0.1) is 5.82 Å². The highest BCUT2D eigenvalue weighted by Gasteiger charge is 2.14. The van der Waals surface area contributed by atoms with Crippen molar-refractivity contribution in [1.29, 1.82) is 0 Å². The zero-order chi connectivity index (χ0) is 16.7. The van der Waals surface area contributed by atoms with Crippen LogP contribution >= 0.6 is 0 Å². The molecule has 0 unspecified atom stereocenters. The number of hydrogen-bond donors (Lipinski definition) is 1. The van der Waals surface area contributed by atoms with Gasteiger partial charge in [-0.05, 0) is 55.3 Å². The second-order valence-corrected chi connectivity index (χ2v) is 5.10. The van der Waals surface area contributed by atoms with Crippen LogP contribution in [0.5, 0.6) is 11.5 Å². The van der Waals surface area contributed by atoms with Crippen molar-refractivity contribution in [3.63, 3.8) is 0 Å². The van der Waals surface area contributed by atoms with Gasteiger partial charge in [-0.1, -0.05) is 12.1 Å². The van der Waals surface area contributed by atoms with Crippen molar-refractivity contribution < 1.29 is 18.7 Å². The van der Waals surface area contributed by atoms with Gasteiger partial charge < -0.3 is 14.8 Å². The molecule has 2 rings (SSSR count). The van der Waals surface area contributed by atoms with Crippen molar-refractivity contribution in [3.05, 3.63) is 59.9 Å².